The molecular weight excluding hydrogens is 328 g/mol. The van der Waals surface area contributed by atoms with Crippen LogP contribution in [0.25, 0.3) is 0 Å². The Balaban J connectivity index is 1.57. The summed E-state index contributed by atoms with van der Waals surface area (Å²) in [6.45, 7) is 6.29. The van der Waals surface area contributed by atoms with E-state index in [0.29, 0.717) is 11.5 Å². The van der Waals surface area contributed by atoms with Crippen molar-refractivity contribution < 1.29 is 4.79 Å². The van der Waals surface area contributed by atoms with E-state index >= 15 is 0 Å². The number of nitrogens with zero attached hydrogens (tertiary/aromatic N) is 6. The predicted molar refractivity (Wildman–Crippen MR) is 103 cm³/mol. The lowest BCUT2D eigenvalue weighted by Crippen LogP contribution is -2.47. The summed E-state index contributed by atoms with van der Waals surface area (Å²) in [5.41, 5.74) is 0.541. The first-order chi connectivity index (χ1) is 12.7. The summed E-state index contributed by atoms with van der Waals surface area (Å²) < 4.78 is 0. The Kier molecular flexibility index (Phi) is 5.99. The van der Waals surface area contributed by atoms with Gasteiger partial charge in [0.15, 0.2) is 0 Å². The maximum atomic E-state index is 12.4. The number of piperazine rings is 1. The van der Waals surface area contributed by atoms with Crippen LogP contribution in [0.15, 0.2) is 36.8 Å². The van der Waals surface area contributed by atoms with E-state index in [0.717, 1.165) is 51.4 Å². The van der Waals surface area contributed by atoms with Crippen molar-refractivity contribution in [1.82, 2.24) is 19.9 Å². The standard InChI is InChI=1S/C19H26N6O/c1-3-4-9-23(2)18(26)16-14-21-19(22-15-16)25-12-10-24(11-13-25)17-7-5-6-8-20-17/h5-8,14-15H,3-4,9-13H2,1-2H3. The van der Waals surface area contributed by atoms with Crippen molar-refractivity contribution >= 4 is 17.7 Å². The van der Waals surface area contributed by atoms with Crippen LogP contribution < -0.4 is 9.80 Å². The highest BCUT2D eigenvalue weighted by Gasteiger charge is 2.20. The van der Waals surface area contributed by atoms with Crippen LogP contribution in [0.1, 0.15) is 30.1 Å². The molecule has 2 aromatic rings. The predicted octanol–water partition coefficient (Wildman–Crippen LogP) is 2.07. The molecule has 0 spiro atoms. The zero-order valence-electron chi connectivity index (χ0n) is 15.5. The van der Waals surface area contributed by atoms with E-state index < -0.39 is 0 Å². The summed E-state index contributed by atoms with van der Waals surface area (Å²) in [7, 11) is 1.82. The second-order valence-electron chi connectivity index (χ2n) is 6.51. The Hall–Kier alpha value is -2.70. The van der Waals surface area contributed by atoms with E-state index in [1.165, 1.54) is 0 Å². The maximum absolute atomic E-state index is 12.4. The molecule has 7 heteroatoms. The molecule has 3 rings (SSSR count). The molecule has 0 aliphatic carbocycles. The molecule has 0 saturated carbocycles. The number of carbonyl (C=O) groups excluding carboxylic acids is 1. The number of aromatic nitrogens is 3. The van der Waals surface area contributed by atoms with Crippen LogP contribution in [0.3, 0.4) is 0 Å². The first-order valence-electron chi connectivity index (χ1n) is 9.17. The lowest BCUT2D eigenvalue weighted by molar-refractivity contribution is 0.0792. The van der Waals surface area contributed by atoms with Gasteiger partial charge in [-0.3, -0.25) is 4.79 Å². The average Bonchev–Trinajstić information content (AvgIpc) is 2.72. The molecule has 1 fully saturated rings. The third-order valence-electron chi connectivity index (χ3n) is 4.61. The molecule has 7 nitrogen and oxygen atoms in total. The highest BCUT2D eigenvalue weighted by Crippen LogP contribution is 2.16. The Bertz CT molecular complexity index is 698. The molecule has 0 bridgehead atoms. The van der Waals surface area contributed by atoms with Crippen LogP contribution in [0.4, 0.5) is 11.8 Å². The Labute approximate surface area is 154 Å². The summed E-state index contributed by atoms with van der Waals surface area (Å²) >= 11 is 0. The number of pyridine rings is 1. The lowest BCUT2D eigenvalue weighted by atomic mass is 10.2. The fourth-order valence-electron chi connectivity index (χ4n) is 2.99. The van der Waals surface area contributed by atoms with E-state index in [4.69, 9.17) is 0 Å². The topological polar surface area (TPSA) is 65.5 Å². The third-order valence-corrected chi connectivity index (χ3v) is 4.61. The summed E-state index contributed by atoms with van der Waals surface area (Å²) in [6.07, 6.45) is 7.16. The molecule has 138 valence electrons. The van der Waals surface area contributed by atoms with E-state index in [1.54, 1.807) is 17.3 Å². The minimum Gasteiger partial charge on any atom is -0.353 e. The number of amides is 1. The Morgan fingerprint density at radius 2 is 1.77 bits per heavy atom. The molecule has 0 aromatic carbocycles. The highest BCUT2D eigenvalue weighted by atomic mass is 16.2. The van der Waals surface area contributed by atoms with Crippen LogP contribution >= 0.6 is 0 Å². The van der Waals surface area contributed by atoms with E-state index in [9.17, 15) is 4.79 Å². The monoisotopic (exact) mass is 354 g/mol. The Morgan fingerprint density at radius 1 is 1.08 bits per heavy atom. The van der Waals surface area contributed by atoms with Gasteiger partial charge in [-0.2, -0.15) is 0 Å². The zero-order valence-corrected chi connectivity index (χ0v) is 15.5. The molecule has 1 aliphatic heterocycles. The van der Waals surface area contributed by atoms with Crippen LogP contribution in [0, 0.1) is 0 Å². The van der Waals surface area contributed by atoms with Gasteiger partial charge in [0.05, 0.1) is 5.56 Å². The minimum absolute atomic E-state index is 0.0232. The van der Waals surface area contributed by atoms with E-state index in [-0.39, 0.29) is 5.91 Å². The van der Waals surface area contributed by atoms with Crippen molar-refractivity contribution in [1.29, 1.82) is 0 Å². The van der Waals surface area contributed by atoms with Crippen molar-refractivity contribution in [2.45, 2.75) is 19.8 Å². The summed E-state index contributed by atoms with van der Waals surface area (Å²) in [4.78, 5) is 31.7. The molecule has 1 amide bonds. The summed E-state index contributed by atoms with van der Waals surface area (Å²) in [5, 5.41) is 0. The van der Waals surface area contributed by atoms with Crippen molar-refractivity contribution in [3.05, 3.63) is 42.4 Å². The molecule has 1 saturated heterocycles. The first kappa shape index (κ1) is 18.1. The fraction of sp³-hybridized carbons (Fsp3) is 0.474. The van der Waals surface area contributed by atoms with Gasteiger partial charge in [0.1, 0.15) is 5.82 Å². The molecule has 2 aromatic heterocycles. The maximum Gasteiger partial charge on any atom is 0.256 e. The normalized spacial score (nSPS) is 14.4. The molecule has 0 unspecified atom stereocenters. The third kappa shape index (κ3) is 4.28. The van der Waals surface area contributed by atoms with Crippen LogP contribution in [-0.4, -0.2) is 65.5 Å². The molecular formula is C19H26N6O. The van der Waals surface area contributed by atoms with Crippen LogP contribution in [-0.2, 0) is 0 Å². The second-order valence-corrected chi connectivity index (χ2v) is 6.51. The van der Waals surface area contributed by atoms with Gasteiger partial charge in [0.25, 0.3) is 5.91 Å². The number of hydrogen-bond acceptors (Lipinski definition) is 6. The van der Waals surface area contributed by atoms with Gasteiger partial charge in [-0.05, 0) is 18.6 Å². The van der Waals surface area contributed by atoms with Crippen molar-refractivity contribution in [2.75, 3.05) is 49.6 Å². The number of rotatable bonds is 6. The number of unbranched alkanes of at least 4 members (excludes halogenated alkanes) is 1. The fourth-order valence-corrected chi connectivity index (χ4v) is 2.99. The van der Waals surface area contributed by atoms with Crippen LogP contribution in [0.5, 0.6) is 0 Å². The highest BCUT2D eigenvalue weighted by molar-refractivity contribution is 5.93. The number of anilines is 2. The van der Waals surface area contributed by atoms with Gasteiger partial charge in [-0.25, -0.2) is 15.0 Å². The molecule has 0 atom stereocenters. The molecule has 26 heavy (non-hydrogen) atoms. The average molecular weight is 354 g/mol. The zero-order chi connectivity index (χ0) is 18.4. The second kappa shape index (κ2) is 8.60. The minimum atomic E-state index is -0.0232. The summed E-state index contributed by atoms with van der Waals surface area (Å²) in [6, 6.07) is 5.96. The Morgan fingerprint density at radius 3 is 2.38 bits per heavy atom. The number of hydrogen-bond donors (Lipinski definition) is 0. The van der Waals surface area contributed by atoms with Crippen molar-refractivity contribution in [3.63, 3.8) is 0 Å². The quantitative estimate of drug-likeness (QED) is 0.791. The van der Waals surface area contributed by atoms with Gasteiger partial charge in [-0.15, -0.1) is 0 Å². The molecule has 0 N–H and O–H groups in total. The SMILES string of the molecule is CCCCN(C)C(=O)c1cnc(N2CCN(c3ccccn3)CC2)nc1. The molecule has 0 radical (unpaired) electrons. The smallest absolute Gasteiger partial charge is 0.256 e. The van der Waals surface area contributed by atoms with Gasteiger partial charge < -0.3 is 14.7 Å². The van der Waals surface area contributed by atoms with Crippen molar-refractivity contribution in [3.8, 4) is 0 Å². The number of carbonyl (C=O) groups is 1. The van der Waals surface area contributed by atoms with Gasteiger partial charge >= 0.3 is 0 Å². The largest absolute Gasteiger partial charge is 0.353 e. The van der Waals surface area contributed by atoms with Gasteiger partial charge in [-0.1, -0.05) is 19.4 Å². The van der Waals surface area contributed by atoms with Crippen molar-refractivity contribution in [2.24, 2.45) is 0 Å². The molecule has 1 aliphatic rings. The van der Waals surface area contributed by atoms with E-state index in [2.05, 4.69) is 31.7 Å². The van der Waals surface area contributed by atoms with E-state index in [1.807, 2.05) is 31.4 Å². The lowest BCUT2D eigenvalue weighted by Gasteiger charge is -2.35. The van der Waals surface area contributed by atoms with Crippen LogP contribution in [0.2, 0.25) is 0 Å². The molecule has 3 heterocycles. The van der Waals surface area contributed by atoms with Gasteiger partial charge in [0.2, 0.25) is 5.95 Å². The first-order valence-corrected chi connectivity index (χ1v) is 9.17. The van der Waals surface area contributed by atoms with Gasteiger partial charge in [0, 0.05) is 58.4 Å². The summed E-state index contributed by atoms with van der Waals surface area (Å²) in [5.74, 6) is 1.66.